The first-order valence-corrected chi connectivity index (χ1v) is 13.8. The van der Waals surface area contributed by atoms with Gasteiger partial charge in [0, 0.05) is 29.0 Å². The highest BCUT2D eigenvalue weighted by atomic mass is 16.5. The van der Waals surface area contributed by atoms with Crippen molar-refractivity contribution in [3.05, 3.63) is 82.9 Å². The number of fused-ring (bicyclic) bond motifs is 7. The molecule has 2 saturated heterocycles. The highest BCUT2D eigenvalue weighted by molar-refractivity contribution is 6.21. The molecule has 8 heteroatoms. The van der Waals surface area contributed by atoms with Gasteiger partial charge < -0.3 is 20.1 Å². The van der Waals surface area contributed by atoms with E-state index >= 15 is 0 Å². The molecule has 0 saturated carbocycles. The molecule has 0 radical (unpaired) electrons. The van der Waals surface area contributed by atoms with Crippen LogP contribution >= 0.6 is 0 Å². The third-order valence-corrected chi connectivity index (χ3v) is 9.53. The summed E-state index contributed by atoms with van der Waals surface area (Å²) in [6, 6.07) is 18.3. The van der Waals surface area contributed by atoms with Crippen molar-refractivity contribution in [3.63, 3.8) is 0 Å². The number of Topliss-reactive ketones (excluding diaryl/α,β-unsaturated/α-hetero) is 1. The topological polar surface area (TPSA) is 97.0 Å². The first-order chi connectivity index (χ1) is 19.4. The summed E-state index contributed by atoms with van der Waals surface area (Å²) in [6.45, 7) is 2.68. The Morgan fingerprint density at radius 2 is 1.73 bits per heavy atom. The van der Waals surface area contributed by atoms with Gasteiger partial charge in [-0.25, -0.2) is 0 Å². The van der Waals surface area contributed by atoms with E-state index in [9.17, 15) is 14.4 Å². The summed E-state index contributed by atoms with van der Waals surface area (Å²) in [5, 5.41) is 6.21. The van der Waals surface area contributed by atoms with Gasteiger partial charge in [-0.3, -0.25) is 19.3 Å². The number of nitrogens with zero attached hydrogens (tertiary/aromatic N) is 1. The lowest BCUT2D eigenvalue weighted by atomic mass is 9.57. The smallest absolute Gasteiger partial charge is 0.251 e. The van der Waals surface area contributed by atoms with Crippen LogP contribution in [0.5, 0.6) is 11.5 Å². The van der Waals surface area contributed by atoms with Crippen molar-refractivity contribution < 1.29 is 23.9 Å². The Labute approximate surface area is 232 Å². The second-order valence-corrected chi connectivity index (χ2v) is 11.0. The molecule has 8 nitrogen and oxygen atoms in total. The molecule has 0 aromatic heterocycles. The number of aryl methyl sites for hydroxylation is 1. The number of carbonyl (C=O) groups is 3. The molecule has 2 N–H and O–H groups in total. The molecule has 3 aromatic rings. The zero-order valence-electron chi connectivity index (χ0n) is 22.7. The number of nitrogens with one attached hydrogen (secondary N) is 2. The van der Waals surface area contributed by atoms with Gasteiger partial charge in [-0.2, -0.15) is 0 Å². The van der Waals surface area contributed by atoms with Gasteiger partial charge in [-0.05, 0) is 61.2 Å². The standard InChI is InChI=1S/C32H31N3O5/c1-4-18-11-14-24-22(16-18)32(30(38)34-24)31(21-8-5-6-9-23(21)33-29(31)37)27(25-10-7-15-35(25)32)28(36)20-13-12-19(39-2)17-26(20)40-3/h5-6,8-9,11-14,16-17,25,27H,4,7,10,15H2,1-3H3,(H,33,37)(H,34,38)/t25-,27-,31+,32+/m0/s1. The zero-order valence-corrected chi connectivity index (χ0v) is 22.7. The molecule has 2 fully saturated rings. The van der Waals surface area contributed by atoms with Gasteiger partial charge >= 0.3 is 0 Å². The molecular weight excluding hydrogens is 506 g/mol. The Balaban J connectivity index is 1.56. The van der Waals surface area contributed by atoms with E-state index in [0.29, 0.717) is 47.0 Å². The predicted molar refractivity (Wildman–Crippen MR) is 150 cm³/mol. The van der Waals surface area contributed by atoms with E-state index < -0.39 is 16.9 Å². The van der Waals surface area contributed by atoms with Gasteiger partial charge in [0.15, 0.2) is 5.78 Å². The molecule has 0 aliphatic carbocycles. The summed E-state index contributed by atoms with van der Waals surface area (Å²) < 4.78 is 11.0. The first-order valence-electron chi connectivity index (χ1n) is 13.8. The van der Waals surface area contributed by atoms with Gasteiger partial charge in [0.25, 0.3) is 5.91 Å². The van der Waals surface area contributed by atoms with Gasteiger partial charge in [-0.1, -0.05) is 37.3 Å². The number of hydrogen-bond donors (Lipinski definition) is 2. The number of carbonyl (C=O) groups excluding carboxylic acids is 3. The van der Waals surface area contributed by atoms with Gasteiger partial charge in [-0.15, -0.1) is 0 Å². The first kappa shape index (κ1) is 24.8. The maximum absolute atomic E-state index is 14.9. The SMILES string of the molecule is CCc1ccc2c(c1)[C@]1(C(=O)N2)N2CCC[C@H]2[C@@H](C(=O)c2ccc(OC)cc2OC)[C@]12C(=O)Nc1ccccc12. The Morgan fingerprint density at radius 1 is 0.950 bits per heavy atom. The predicted octanol–water partition coefficient (Wildman–Crippen LogP) is 4.28. The minimum Gasteiger partial charge on any atom is -0.497 e. The summed E-state index contributed by atoms with van der Waals surface area (Å²) in [5.41, 5.74) is 1.36. The Hall–Kier alpha value is -4.17. The van der Waals surface area contributed by atoms with Gasteiger partial charge in [0.1, 0.15) is 22.5 Å². The number of methoxy groups -OCH3 is 2. The van der Waals surface area contributed by atoms with Crippen molar-refractivity contribution in [2.75, 3.05) is 31.4 Å². The number of rotatable bonds is 5. The van der Waals surface area contributed by atoms with Crippen LogP contribution in [0.2, 0.25) is 0 Å². The molecule has 0 bridgehead atoms. The molecule has 4 aliphatic rings. The fourth-order valence-corrected chi connectivity index (χ4v) is 8.02. The van der Waals surface area contributed by atoms with Crippen molar-refractivity contribution in [1.29, 1.82) is 0 Å². The van der Waals surface area contributed by atoms with Crippen LogP contribution in [0.25, 0.3) is 0 Å². The second kappa shape index (κ2) is 8.66. The van der Waals surface area contributed by atoms with Crippen LogP contribution in [0.15, 0.2) is 60.7 Å². The lowest BCUT2D eigenvalue weighted by molar-refractivity contribution is -0.137. The van der Waals surface area contributed by atoms with Crippen molar-refractivity contribution in [2.45, 2.75) is 43.2 Å². The number of hydrogen-bond acceptors (Lipinski definition) is 6. The van der Waals surface area contributed by atoms with Crippen molar-refractivity contribution in [3.8, 4) is 11.5 Å². The molecule has 204 valence electrons. The summed E-state index contributed by atoms with van der Waals surface area (Å²) in [6.07, 6.45) is 2.30. The number of ether oxygens (including phenoxy) is 2. The molecule has 2 spiro atoms. The van der Waals surface area contributed by atoms with Crippen LogP contribution in [0.3, 0.4) is 0 Å². The molecule has 4 atom stereocenters. The molecule has 4 aliphatic heterocycles. The summed E-state index contributed by atoms with van der Waals surface area (Å²) in [7, 11) is 3.08. The van der Waals surface area contributed by atoms with Crippen LogP contribution in [-0.2, 0) is 27.0 Å². The minimum absolute atomic E-state index is 0.215. The van der Waals surface area contributed by atoms with Crippen LogP contribution < -0.4 is 20.1 Å². The Morgan fingerprint density at radius 3 is 2.50 bits per heavy atom. The second-order valence-electron chi connectivity index (χ2n) is 11.0. The minimum atomic E-state index is -1.49. The molecule has 40 heavy (non-hydrogen) atoms. The van der Waals surface area contributed by atoms with E-state index in [1.807, 2.05) is 36.4 Å². The van der Waals surface area contributed by atoms with E-state index in [-0.39, 0.29) is 23.6 Å². The van der Waals surface area contributed by atoms with Crippen molar-refractivity contribution in [2.24, 2.45) is 5.92 Å². The lowest BCUT2D eigenvalue weighted by Gasteiger charge is -2.43. The molecule has 2 amide bonds. The largest absolute Gasteiger partial charge is 0.497 e. The summed E-state index contributed by atoms with van der Waals surface area (Å²) in [5.74, 6) is -0.684. The number of amides is 2. The quantitative estimate of drug-likeness (QED) is 0.472. The maximum atomic E-state index is 14.9. The fourth-order valence-electron chi connectivity index (χ4n) is 8.02. The number of benzene rings is 3. The molecule has 3 aromatic carbocycles. The van der Waals surface area contributed by atoms with E-state index in [0.717, 1.165) is 24.0 Å². The van der Waals surface area contributed by atoms with E-state index in [2.05, 4.69) is 28.5 Å². The van der Waals surface area contributed by atoms with Crippen LogP contribution in [0.4, 0.5) is 11.4 Å². The van der Waals surface area contributed by atoms with E-state index in [1.165, 1.54) is 7.11 Å². The van der Waals surface area contributed by atoms with E-state index in [4.69, 9.17) is 9.47 Å². The lowest BCUT2D eigenvalue weighted by Crippen LogP contribution is -2.62. The maximum Gasteiger partial charge on any atom is 0.251 e. The van der Waals surface area contributed by atoms with E-state index in [1.54, 1.807) is 25.3 Å². The normalized spacial score (nSPS) is 27.9. The van der Waals surface area contributed by atoms with Crippen molar-refractivity contribution in [1.82, 2.24) is 4.90 Å². The molecular formula is C32H31N3O5. The van der Waals surface area contributed by atoms with Crippen molar-refractivity contribution >= 4 is 29.0 Å². The molecule has 7 rings (SSSR count). The average Bonchev–Trinajstić information content (AvgIpc) is 3.70. The third kappa shape index (κ3) is 2.81. The Kier molecular flexibility index (Phi) is 5.38. The van der Waals surface area contributed by atoms with Gasteiger partial charge in [0.2, 0.25) is 5.91 Å². The Bertz CT molecular complexity index is 1600. The number of anilines is 2. The number of ketones is 1. The number of para-hydroxylation sites is 1. The summed E-state index contributed by atoms with van der Waals surface area (Å²) >= 11 is 0. The average molecular weight is 538 g/mol. The van der Waals surface area contributed by atoms with Crippen LogP contribution in [0.1, 0.15) is 46.8 Å². The summed E-state index contributed by atoms with van der Waals surface area (Å²) in [4.78, 5) is 46.2. The zero-order chi connectivity index (χ0) is 27.8. The molecule has 4 heterocycles. The van der Waals surface area contributed by atoms with Crippen LogP contribution in [-0.4, -0.2) is 49.3 Å². The highest BCUT2D eigenvalue weighted by Gasteiger charge is 2.81. The molecule has 0 unspecified atom stereocenters. The monoisotopic (exact) mass is 537 g/mol. The van der Waals surface area contributed by atoms with Gasteiger partial charge in [0.05, 0.1) is 25.7 Å². The highest BCUT2D eigenvalue weighted by Crippen LogP contribution is 2.68. The van der Waals surface area contributed by atoms with Crippen LogP contribution in [0, 0.1) is 5.92 Å². The third-order valence-electron chi connectivity index (χ3n) is 9.53. The fraction of sp³-hybridized carbons (Fsp3) is 0.344.